The molecule has 0 aliphatic heterocycles. The molecule has 3 atom stereocenters. The summed E-state index contributed by atoms with van der Waals surface area (Å²) >= 11 is 5.68. The molecule has 0 aromatic rings. The van der Waals surface area contributed by atoms with Crippen LogP contribution in [0.15, 0.2) is 11.1 Å². The quantitative estimate of drug-likeness (QED) is 0.644. The first-order valence-electron chi connectivity index (χ1n) is 4.69. The lowest BCUT2D eigenvalue weighted by atomic mass is 9.83. The van der Waals surface area contributed by atoms with E-state index in [1.165, 1.54) is 6.92 Å². The topological polar surface area (TPSA) is 0 Å². The number of halogens is 3. The summed E-state index contributed by atoms with van der Waals surface area (Å²) in [5.41, 5.74) is -1.97. The normalized spacial score (nSPS) is 40.2. The Morgan fingerprint density at radius 2 is 2.31 bits per heavy atom. The van der Waals surface area contributed by atoms with Gasteiger partial charge in [-0.05, 0) is 25.7 Å². The highest BCUT2D eigenvalue weighted by Gasteiger charge is 2.42. The predicted molar refractivity (Wildman–Crippen MR) is 51.4 cm³/mol. The molecule has 76 valence electrons. The molecule has 0 bridgehead atoms. The van der Waals surface area contributed by atoms with Crippen LogP contribution in [0.3, 0.4) is 0 Å². The summed E-state index contributed by atoms with van der Waals surface area (Å²) in [6.07, 6.45) is 2.33. The summed E-state index contributed by atoms with van der Waals surface area (Å²) in [6, 6.07) is 0. The van der Waals surface area contributed by atoms with Crippen LogP contribution < -0.4 is 0 Å². The fraction of sp³-hybridized carbons (Fsp3) is 0.800. The molecule has 0 N–H and O–H groups in total. The number of allylic oxidation sites excluding steroid dienone is 2. The van der Waals surface area contributed by atoms with Gasteiger partial charge in [0.15, 0.2) is 5.67 Å². The number of alkyl halides is 2. The van der Waals surface area contributed by atoms with Crippen molar-refractivity contribution in [1.29, 1.82) is 0 Å². The first kappa shape index (κ1) is 11.0. The predicted octanol–water partition coefficient (Wildman–Crippen LogP) is 4.00. The fourth-order valence-corrected chi connectivity index (χ4v) is 1.94. The largest absolute Gasteiger partial charge is 0.244 e. The van der Waals surface area contributed by atoms with E-state index < -0.39 is 11.8 Å². The van der Waals surface area contributed by atoms with Gasteiger partial charge in [-0.25, -0.2) is 8.78 Å². The Bertz CT molecular complexity index is 211. The second kappa shape index (κ2) is 3.95. The minimum atomic E-state index is -1.97. The molecule has 0 aromatic heterocycles. The van der Waals surface area contributed by atoms with Gasteiger partial charge in [0.2, 0.25) is 0 Å². The molecule has 0 nitrogen and oxygen atoms in total. The van der Waals surface area contributed by atoms with Crippen molar-refractivity contribution in [3.63, 3.8) is 0 Å². The van der Waals surface area contributed by atoms with E-state index in [4.69, 9.17) is 11.6 Å². The van der Waals surface area contributed by atoms with Gasteiger partial charge in [-0.3, -0.25) is 0 Å². The van der Waals surface area contributed by atoms with E-state index in [-0.39, 0.29) is 17.4 Å². The third-order valence-corrected chi connectivity index (χ3v) is 3.10. The third-order valence-electron chi connectivity index (χ3n) is 2.61. The van der Waals surface area contributed by atoms with Crippen LogP contribution in [-0.4, -0.2) is 11.8 Å². The van der Waals surface area contributed by atoms with Crippen LogP contribution in [0.25, 0.3) is 0 Å². The zero-order chi connectivity index (χ0) is 10.1. The maximum absolute atomic E-state index is 13.5. The highest BCUT2D eigenvalue weighted by molar-refractivity contribution is 6.30. The minimum absolute atomic E-state index is 0.0321. The lowest BCUT2D eigenvalue weighted by Gasteiger charge is -2.31. The molecule has 0 amide bonds. The highest BCUT2D eigenvalue weighted by atomic mass is 35.5. The van der Waals surface area contributed by atoms with Crippen molar-refractivity contribution in [2.75, 3.05) is 0 Å². The zero-order valence-electron chi connectivity index (χ0n) is 7.99. The van der Waals surface area contributed by atoms with E-state index in [1.807, 2.05) is 6.92 Å². The Morgan fingerprint density at radius 3 is 2.77 bits per heavy atom. The second-order valence-corrected chi connectivity index (χ2v) is 4.25. The van der Waals surface area contributed by atoms with Crippen molar-refractivity contribution in [3.8, 4) is 0 Å². The van der Waals surface area contributed by atoms with Gasteiger partial charge >= 0.3 is 0 Å². The van der Waals surface area contributed by atoms with Gasteiger partial charge in [0.05, 0.1) is 5.03 Å². The molecule has 3 heteroatoms. The van der Waals surface area contributed by atoms with Crippen LogP contribution in [0, 0.1) is 5.92 Å². The highest BCUT2D eigenvalue weighted by Crippen LogP contribution is 2.40. The molecule has 0 spiro atoms. The third kappa shape index (κ3) is 2.22. The molecule has 0 aromatic carbocycles. The smallest absolute Gasteiger partial charge is 0.174 e. The van der Waals surface area contributed by atoms with Crippen molar-refractivity contribution in [3.05, 3.63) is 11.1 Å². The molecule has 1 aliphatic rings. The van der Waals surface area contributed by atoms with E-state index in [0.29, 0.717) is 0 Å². The molecular formula is C10H15ClF2. The molecule has 0 saturated heterocycles. The fourth-order valence-electron chi connectivity index (χ4n) is 1.65. The van der Waals surface area contributed by atoms with Crippen molar-refractivity contribution in [2.45, 2.75) is 45.0 Å². The average Bonchev–Trinajstić information content (AvgIpc) is 2.02. The average molecular weight is 209 g/mol. The second-order valence-electron chi connectivity index (χ2n) is 3.84. The molecule has 1 rings (SSSR count). The van der Waals surface area contributed by atoms with Gasteiger partial charge in [0.25, 0.3) is 0 Å². The van der Waals surface area contributed by atoms with Gasteiger partial charge in [-0.2, -0.15) is 0 Å². The van der Waals surface area contributed by atoms with Crippen molar-refractivity contribution in [2.24, 2.45) is 5.92 Å². The van der Waals surface area contributed by atoms with Crippen LogP contribution in [-0.2, 0) is 0 Å². The number of rotatable bonds is 2. The first-order valence-corrected chi connectivity index (χ1v) is 5.07. The molecule has 3 unspecified atom stereocenters. The Morgan fingerprint density at radius 1 is 1.69 bits per heavy atom. The lowest BCUT2D eigenvalue weighted by Crippen LogP contribution is -2.37. The zero-order valence-corrected chi connectivity index (χ0v) is 8.74. The van der Waals surface area contributed by atoms with E-state index in [0.717, 1.165) is 12.8 Å². The van der Waals surface area contributed by atoms with E-state index in [9.17, 15) is 8.78 Å². The summed E-state index contributed by atoms with van der Waals surface area (Å²) in [5.74, 6) is 0.108. The molecule has 0 saturated carbocycles. The van der Waals surface area contributed by atoms with Crippen LogP contribution >= 0.6 is 11.6 Å². The van der Waals surface area contributed by atoms with Gasteiger partial charge in [0.1, 0.15) is 6.17 Å². The summed E-state index contributed by atoms with van der Waals surface area (Å²) < 4.78 is 26.8. The van der Waals surface area contributed by atoms with E-state index in [2.05, 4.69) is 0 Å². The first-order chi connectivity index (χ1) is 5.98. The van der Waals surface area contributed by atoms with Crippen molar-refractivity contribution < 1.29 is 8.78 Å². The lowest BCUT2D eigenvalue weighted by molar-refractivity contribution is 0.0804. The summed E-state index contributed by atoms with van der Waals surface area (Å²) in [5, 5.41) is 0.0321. The Labute approximate surface area is 83.0 Å². The van der Waals surface area contributed by atoms with Gasteiger partial charge < -0.3 is 0 Å². The molecular weight excluding hydrogens is 194 g/mol. The molecule has 13 heavy (non-hydrogen) atoms. The van der Waals surface area contributed by atoms with Crippen LogP contribution in [0.2, 0.25) is 0 Å². The Balaban J connectivity index is 2.76. The number of hydrogen-bond acceptors (Lipinski definition) is 0. The molecule has 0 fully saturated rings. The van der Waals surface area contributed by atoms with Crippen molar-refractivity contribution >= 4 is 11.6 Å². The number of hydrogen-bond donors (Lipinski definition) is 0. The molecule has 0 radical (unpaired) electrons. The SMILES string of the molecule is CCCC1C=C(Cl)C(C)(F)C(F)C1. The van der Waals surface area contributed by atoms with Gasteiger partial charge in [-0.1, -0.05) is 31.0 Å². The minimum Gasteiger partial charge on any atom is -0.244 e. The maximum Gasteiger partial charge on any atom is 0.174 e. The summed E-state index contributed by atoms with van der Waals surface area (Å²) in [7, 11) is 0. The monoisotopic (exact) mass is 208 g/mol. The Kier molecular flexibility index (Phi) is 3.33. The standard InChI is InChI=1S/C10H15ClF2/c1-3-4-7-5-8(11)10(2,13)9(12)6-7/h5,7,9H,3-4,6H2,1-2H3. The van der Waals surface area contributed by atoms with Gasteiger partial charge in [-0.15, -0.1) is 0 Å². The Hall–Kier alpha value is -0.110. The summed E-state index contributed by atoms with van der Waals surface area (Å²) in [6.45, 7) is 3.23. The summed E-state index contributed by atoms with van der Waals surface area (Å²) in [4.78, 5) is 0. The maximum atomic E-state index is 13.5. The van der Waals surface area contributed by atoms with E-state index >= 15 is 0 Å². The van der Waals surface area contributed by atoms with Crippen LogP contribution in [0.1, 0.15) is 33.1 Å². The van der Waals surface area contributed by atoms with Crippen LogP contribution in [0.5, 0.6) is 0 Å². The van der Waals surface area contributed by atoms with Gasteiger partial charge in [0, 0.05) is 0 Å². The molecule has 0 heterocycles. The molecule has 1 aliphatic carbocycles. The van der Waals surface area contributed by atoms with Crippen molar-refractivity contribution in [1.82, 2.24) is 0 Å². The van der Waals surface area contributed by atoms with E-state index in [1.54, 1.807) is 6.08 Å². The van der Waals surface area contributed by atoms with Crippen LogP contribution in [0.4, 0.5) is 8.78 Å².